The van der Waals surface area contributed by atoms with E-state index in [1.54, 1.807) is 12.1 Å². The molecule has 1 N–H and O–H groups in total. The number of nitrogens with zero attached hydrogens (tertiary/aromatic N) is 1. The second-order valence-electron chi connectivity index (χ2n) is 5.12. The van der Waals surface area contributed by atoms with Crippen LogP contribution in [-0.4, -0.2) is 30.6 Å². The zero-order valence-corrected chi connectivity index (χ0v) is 11.3. The number of nitrogens with one attached hydrogen (secondary N) is 1. The molecule has 1 saturated heterocycles. The highest BCUT2D eigenvalue weighted by atomic mass is 19.1. The lowest BCUT2D eigenvalue weighted by Gasteiger charge is -2.37. The molecule has 2 unspecified atom stereocenters. The second kappa shape index (κ2) is 6.30. The summed E-state index contributed by atoms with van der Waals surface area (Å²) >= 11 is 0. The van der Waals surface area contributed by atoms with E-state index in [0.717, 1.165) is 25.2 Å². The summed E-state index contributed by atoms with van der Waals surface area (Å²) in [5.41, 5.74) is 1.08. The van der Waals surface area contributed by atoms with Gasteiger partial charge >= 0.3 is 0 Å². The van der Waals surface area contributed by atoms with Crippen molar-refractivity contribution in [3.05, 3.63) is 35.6 Å². The molecule has 1 aliphatic heterocycles. The molecule has 1 heterocycles. The number of rotatable bonds is 4. The average molecular weight is 250 g/mol. The molecule has 0 aromatic heterocycles. The summed E-state index contributed by atoms with van der Waals surface area (Å²) in [6.45, 7) is 7.51. The molecule has 1 aromatic rings. The zero-order valence-electron chi connectivity index (χ0n) is 11.3. The maximum atomic E-state index is 13.3. The summed E-state index contributed by atoms with van der Waals surface area (Å²) in [4.78, 5) is 2.45. The van der Waals surface area contributed by atoms with E-state index in [2.05, 4.69) is 24.1 Å². The Kier molecular flexibility index (Phi) is 4.72. The summed E-state index contributed by atoms with van der Waals surface area (Å²) in [7, 11) is 0. The first-order valence-electron chi connectivity index (χ1n) is 6.93. The third-order valence-electron chi connectivity index (χ3n) is 3.82. The van der Waals surface area contributed by atoms with Crippen LogP contribution in [-0.2, 0) is 0 Å². The van der Waals surface area contributed by atoms with E-state index in [-0.39, 0.29) is 5.82 Å². The molecule has 0 amide bonds. The molecular formula is C15H23FN2. The first-order valence-corrected chi connectivity index (χ1v) is 6.93. The fourth-order valence-electron chi connectivity index (χ4n) is 2.79. The molecule has 0 radical (unpaired) electrons. The molecule has 2 atom stereocenters. The van der Waals surface area contributed by atoms with Crippen LogP contribution in [0.1, 0.15) is 38.3 Å². The summed E-state index contributed by atoms with van der Waals surface area (Å²) in [5, 5.41) is 3.52. The summed E-state index contributed by atoms with van der Waals surface area (Å²) in [6.07, 6.45) is 2.47. The van der Waals surface area contributed by atoms with Crippen molar-refractivity contribution in [1.29, 1.82) is 0 Å². The van der Waals surface area contributed by atoms with Crippen molar-refractivity contribution in [3.63, 3.8) is 0 Å². The molecule has 100 valence electrons. The number of hydrogen-bond donors (Lipinski definition) is 1. The fourth-order valence-corrected chi connectivity index (χ4v) is 2.79. The van der Waals surface area contributed by atoms with Gasteiger partial charge in [-0.2, -0.15) is 0 Å². The summed E-state index contributed by atoms with van der Waals surface area (Å²) in [5.74, 6) is -0.139. The monoisotopic (exact) mass is 250 g/mol. The van der Waals surface area contributed by atoms with E-state index in [1.807, 2.05) is 6.07 Å². The number of piperidine rings is 1. The van der Waals surface area contributed by atoms with Crippen LogP contribution in [0, 0.1) is 5.82 Å². The van der Waals surface area contributed by atoms with Gasteiger partial charge in [-0.05, 0) is 50.6 Å². The number of halogens is 1. The molecule has 1 fully saturated rings. The molecule has 1 aromatic carbocycles. The van der Waals surface area contributed by atoms with Crippen molar-refractivity contribution in [2.45, 2.75) is 38.8 Å². The van der Waals surface area contributed by atoms with Crippen molar-refractivity contribution in [2.75, 3.05) is 19.6 Å². The molecule has 2 nitrogen and oxygen atoms in total. The van der Waals surface area contributed by atoms with Gasteiger partial charge in [0, 0.05) is 18.6 Å². The van der Waals surface area contributed by atoms with Crippen LogP contribution in [0.2, 0.25) is 0 Å². The van der Waals surface area contributed by atoms with Gasteiger partial charge in [0.2, 0.25) is 0 Å². The van der Waals surface area contributed by atoms with Gasteiger partial charge in [0.1, 0.15) is 5.82 Å². The molecule has 0 saturated carbocycles. The highest BCUT2D eigenvalue weighted by molar-refractivity contribution is 5.19. The van der Waals surface area contributed by atoms with E-state index in [1.165, 1.54) is 18.9 Å². The number of hydrogen-bond acceptors (Lipinski definition) is 2. The van der Waals surface area contributed by atoms with Crippen molar-refractivity contribution in [2.24, 2.45) is 0 Å². The van der Waals surface area contributed by atoms with Crippen molar-refractivity contribution in [1.82, 2.24) is 10.2 Å². The first-order chi connectivity index (χ1) is 8.70. The summed E-state index contributed by atoms with van der Waals surface area (Å²) in [6, 6.07) is 7.86. The standard InChI is InChI=1S/C15H23FN2/c1-3-17-15-8-5-9-18(11-15)12(2)13-6-4-7-14(16)10-13/h4,6-7,10,12,15,17H,3,5,8-9,11H2,1-2H3. The van der Waals surface area contributed by atoms with Crippen LogP contribution >= 0.6 is 0 Å². The van der Waals surface area contributed by atoms with Gasteiger partial charge in [-0.15, -0.1) is 0 Å². The Balaban J connectivity index is 2.02. The van der Waals surface area contributed by atoms with E-state index in [4.69, 9.17) is 0 Å². The third kappa shape index (κ3) is 3.30. The van der Waals surface area contributed by atoms with E-state index in [9.17, 15) is 4.39 Å². The molecular weight excluding hydrogens is 227 g/mol. The van der Waals surface area contributed by atoms with E-state index < -0.39 is 0 Å². The van der Waals surface area contributed by atoms with Gasteiger partial charge in [0.05, 0.1) is 0 Å². The van der Waals surface area contributed by atoms with Gasteiger partial charge in [0.15, 0.2) is 0 Å². The normalized spacial score (nSPS) is 22.9. The van der Waals surface area contributed by atoms with Crippen molar-refractivity contribution in [3.8, 4) is 0 Å². The Hall–Kier alpha value is -0.930. The van der Waals surface area contributed by atoms with Gasteiger partial charge in [-0.25, -0.2) is 4.39 Å². The Bertz CT molecular complexity index is 379. The van der Waals surface area contributed by atoms with Crippen LogP contribution in [0.25, 0.3) is 0 Å². The van der Waals surface area contributed by atoms with Crippen molar-refractivity contribution >= 4 is 0 Å². The lowest BCUT2D eigenvalue weighted by atomic mass is 10.0. The molecule has 0 aliphatic carbocycles. The quantitative estimate of drug-likeness (QED) is 0.884. The van der Waals surface area contributed by atoms with Crippen LogP contribution < -0.4 is 5.32 Å². The summed E-state index contributed by atoms with van der Waals surface area (Å²) < 4.78 is 13.3. The van der Waals surface area contributed by atoms with E-state index >= 15 is 0 Å². The Morgan fingerprint density at radius 3 is 3.06 bits per heavy atom. The Labute approximate surface area is 109 Å². The number of likely N-dealkylation sites (tertiary alicyclic amines) is 1. The predicted molar refractivity (Wildman–Crippen MR) is 73.1 cm³/mol. The van der Waals surface area contributed by atoms with Crippen LogP contribution in [0.15, 0.2) is 24.3 Å². The van der Waals surface area contributed by atoms with Gasteiger partial charge in [-0.1, -0.05) is 19.1 Å². The molecule has 0 bridgehead atoms. The van der Waals surface area contributed by atoms with Crippen LogP contribution in [0.3, 0.4) is 0 Å². The minimum absolute atomic E-state index is 0.139. The smallest absolute Gasteiger partial charge is 0.123 e. The largest absolute Gasteiger partial charge is 0.313 e. The van der Waals surface area contributed by atoms with Gasteiger partial charge in [-0.3, -0.25) is 4.90 Å². The van der Waals surface area contributed by atoms with Gasteiger partial charge in [0.25, 0.3) is 0 Å². The molecule has 1 aliphatic rings. The minimum Gasteiger partial charge on any atom is -0.313 e. The van der Waals surface area contributed by atoms with Crippen LogP contribution in [0.4, 0.5) is 4.39 Å². The Morgan fingerprint density at radius 2 is 2.33 bits per heavy atom. The van der Waals surface area contributed by atoms with Gasteiger partial charge < -0.3 is 5.32 Å². The highest BCUT2D eigenvalue weighted by Gasteiger charge is 2.23. The first kappa shape index (κ1) is 13.5. The molecule has 2 rings (SSSR count). The van der Waals surface area contributed by atoms with E-state index in [0.29, 0.717) is 12.1 Å². The second-order valence-corrected chi connectivity index (χ2v) is 5.12. The Morgan fingerprint density at radius 1 is 1.50 bits per heavy atom. The zero-order chi connectivity index (χ0) is 13.0. The number of benzene rings is 1. The maximum absolute atomic E-state index is 13.3. The lowest BCUT2D eigenvalue weighted by molar-refractivity contribution is 0.146. The average Bonchev–Trinajstić information content (AvgIpc) is 2.39. The SMILES string of the molecule is CCNC1CCCN(C(C)c2cccc(F)c2)C1. The molecule has 18 heavy (non-hydrogen) atoms. The lowest BCUT2D eigenvalue weighted by Crippen LogP contribution is -2.46. The molecule has 3 heteroatoms. The van der Waals surface area contributed by atoms with Crippen LogP contribution in [0.5, 0.6) is 0 Å². The highest BCUT2D eigenvalue weighted by Crippen LogP contribution is 2.24. The molecule has 0 spiro atoms. The van der Waals surface area contributed by atoms with Crippen molar-refractivity contribution < 1.29 is 4.39 Å². The minimum atomic E-state index is -0.139. The fraction of sp³-hybridized carbons (Fsp3) is 0.600. The maximum Gasteiger partial charge on any atom is 0.123 e. The predicted octanol–water partition coefficient (Wildman–Crippen LogP) is 2.96. The third-order valence-corrected chi connectivity index (χ3v) is 3.82. The number of likely N-dealkylation sites (N-methyl/N-ethyl adjacent to an activating group) is 1. The topological polar surface area (TPSA) is 15.3 Å².